The molecule has 1 N–H and O–H groups in total. The summed E-state index contributed by atoms with van der Waals surface area (Å²) in [4.78, 5) is 23.4. The summed E-state index contributed by atoms with van der Waals surface area (Å²) in [7, 11) is 0. The molecular formula is C20H25BrN4OS. The molecule has 1 aromatic carbocycles. The fourth-order valence-electron chi connectivity index (χ4n) is 3.48. The Morgan fingerprint density at radius 2 is 2.00 bits per heavy atom. The van der Waals surface area contributed by atoms with Crippen molar-refractivity contribution in [2.24, 2.45) is 11.8 Å². The van der Waals surface area contributed by atoms with Crippen LogP contribution in [-0.4, -0.2) is 34.7 Å². The fourth-order valence-corrected chi connectivity index (χ4v) is 4.73. The third kappa shape index (κ3) is 5.69. The molecule has 1 aromatic heterocycles. The highest BCUT2D eigenvalue weighted by molar-refractivity contribution is 9.10. The highest BCUT2D eigenvalue weighted by Gasteiger charge is 2.23. The van der Waals surface area contributed by atoms with E-state index in [1.54, 1.807) is 6.33 Å². The minimum Gasteiger partial charge on any atom is -0.356 e. The van der Waals surface area contributed by atoms with Gasteiger partial charge in [-0.05, 0) is 58.8 Å². The average molecular weight is 449 g/mol. The molecule has 27 heavy (non-hydrogen) atoms. The number of carbonyl (C=O) groups is 1. The minimum atomic E-state index is -0.0510. The normalized spacial score (nSPS) is 19.8. The van der Waals surface area contributed by atoms with E-state index >= 15 is 0 Å². The SMILES string of the molecule is Cc1ccc(NC(=O)CSc2cc(N3C[C@H](C)C[C@H](C)C3)ncn2)c(Br)c1. The van der Waals surface area contributed by atoms with Crippen molar-refractivity contribution in [3.8, 4) is 0 Å². The second-order valence-electron chi connectivity index (χ2n) is 7.39. The Bertz CT molecular complexity index is 806. The van der Waals surface area contributed by atoms with Crippen molar-refractivity contribution in [2.45, 2.75) is 32.2 Å². The van der Waals surface area contributed by atoms with E-state index in [1.807, 2.05) is 31.2 Å². The fraction of sp³-hybridized carbons (Fsp3) is 0.450. The number of aromatic nitrogens is 2. The number of thioether (sulfide) groups is 1. The molecule has 2 atom stereocenters. The molecule has 1 aliphatic heterocycles. The van der Waals surface area contributed by atoms with Gasteiger partial charge in [-0.2, -0.15) is 0 Å². The van der Waals surface area contributed by atoms with Gasteiger partial charge in [0.1, 0.15) is 17.2 Å². The number of anilines is 2. The molecule has 3 rings (SSSR count). The third-order valence-corrected chi connectivity index (χ3v) is 6.15. The Kier molecular flexibility index (Phi) is 6.76. The monoisotopic (exact) mass is 448 g/mol. The highest BCUT2D eigenvalue weighted by Crippen LogP contribution is 2.27. The Hall–Kier alpha value is -1.60. The van der Waals surface area contributed by atoms with E-state index in [0.717, 1.165) is 39.7 Å². The van der Waals surface area contributed by atoms with E-state index in [4.69, 9.17) is 0 Å². The predicted molar refractivity (Wildman–Crippen MR) is 115 cm³/mol. The quantitative estimate of drug-likeness (QED) is 0.527. The van der Waals surface area contributed by atoms with Crippen LogP contribution in [0.4, 0.5) is 11.5 Å². The molecule has 0 saturated carbocycles. The summed E-state index contributed by atoms with van der Waals surface area (Å²) in [5.41, 5.74) is 1.93. The topological polar surface area (TPSA) is 58.1 Å². The van der Waals surface area contributed by atoms with Crippen LogP contribution in [0.5, 0.6) is 0 Å². The van der Waals surface area contributed by atoms with Crippen molar-refractivity contribution >= 4 is 45.1 Å². The number of aryl methyl sites for hydroxylation is 1. The van der Waals surface area contributed by atoms with Crippen LogP contribution >= 0.6 is 27.7 Å². The van der Waals surface area contributed by atoms with Crippen molar-refractivity contribution < 1.29 is 4.79 Å². The first-order chi connectivity index (χ1) is 12.9. The predicted octanol–water partition coefficient (Wildman–Crippen LogP) is 4.76. The summed E-state index contributed by atoms with van der Waals surface area (Å²) in [6.07, 6.45) is 2.86. The van der Waals surface area contributed by atoms with Gasteiger partial charge in [0, 0.05) is 23.6 Å². The van der Waals surface area contributed by atoms with Crippen LogP contribution in [0.1, 0.15) is 25.8 Å². The maximum atomic E-state index is 12.3. The van der Waals surface area contributed by atoms with Crippen molar-refractivity contribution in [3.63, 3.8) is 0 Å². The number of nitrogens with zero attached hydrogens (tertiary/aromatic N) is 3. The highest BCUT2D eigenvalue weighted by atomic mass is 79.9. The van der Waals surface area contributed by atoms with E-state index in [2.05, 4.69) is 50.0 Å². The van der Waals surface area contributed by atoms with Gasteiger partial charge in [-0.3, -0.25) is 4.79 Å². The van der Waals surface area contributed by atoms with Crippen molar-refractivity contribution in [3.05, 3.63) is 40.6 Å². The van der Waals surface area contributed by atoms with Crippen LogP contribution < -0.4 is 10.2 Å². The number of halogens is 1. The van der Waals surface area contributed by atoms with E-state index in [1.165, 1.54) is 18.2 Å². The van der Waals surface area contributed by atoms with Crippen LogP contribution in [0.25, 0.3) is 0 Å². The molecule has 0 unspecified atom stereocenters. The summed E-state index contributed by atoms with van der Waals surface area (Å²) in [6.45, 7) is 8.63. The number of nitrogens with one attached hydrogen (secondary N) is 1. The van der Waals surface area contributed by atoms with E-state index < -0.39 is 0 Å². The van der Waals surface area contributed by atoms with E-state index in [9.17, 15) is 4.79 Å². The second kappa shape index (κ2) is 9.06. The van der Waals surface area contributed by atoms with Gasteiger partial charge in [0.15, 0.2) is 0 Å². The molecule has 1 saturated heterocycles. The minimum absolute atomic E-state index is 0.0510. The van der Waals surface area contributed by atoms with Crippen molar-refractivity contribution in [1.82, 2.24) is 9.97 Å². The number of carbonyl (C=O) groups excluding carboxylic acids is 1. The Morgan fingerprint density at radius 1 is 1.26 bits per heavy atom. The molecule has 0 bridgehead atoms. The summed E-state index contributed by atoms with van der Waals surface area (Å²) < 4.78 is 0.888. The Morgan fingerprint density at radius 3 is 2.70 bits per heavy atom. The molecule has 0 aliphatic carbocycles. The van der Waals surface area contributed by atoms with Crippen molar-refractivity contribution in [2.75, 3.05) is 29.1 Å². The van der Waals surface area contributed by atoms with Gasteiger partial charge >= 0.3 is 0 Å². The Labute approximate surface area is 173 Å². The van der Waals surface area contributed by atoms with Gasteiger partial charge in [0.2, 0.25) is 5.91 Å². The lowest BCUT2D eigenvalue weighted by Crippen LogP contribution is -2.39. The van der Waals surface area contributed by atoms with E-state index in [-0.39, 0.29) is 5.91 Å². The number of hydrogen-bond acceptors (Lipinski definition) is 5. The number of piperidine rings is 1. The van der Waals surface area contributed by atoms with Gasteiger partial charge in [0.05, 0.1) is 11.4 Å². The van der Waals surface area contributed by atoms with Crippen molar-refractivity contribution in [1.29, 1.82) is 0 Å². The van der Waals surface area contributed by atoms with E-state index in [0.29, 0.717) is 17.6 Å². The van der Waals surface area contributed by atoms with Gasteiger partial charge in [-0.25, -0.2) is 9.97 Å². The maximum absolute atomic E-state index is 12.3. The zero-order valence-corrected chi connectivity index (χ0v) is 18.3. The van der Waals surface area contributed by atoms with Crippen LogP contribution in [-0.2, 0) is 4.79 Å². The van der Waals surface area contributed by atoms with Crippen LogP contribution in [0.2, 0.25) is 0 Å². The lowest BCUT2D eigenvalue weighted by Gasteiger charge is -2.35. The Balaban J connectivity index is 1.58. The summed E-state index contributed by atoms with van der Waals surface area (Å²) in [5.74, 6) is 2.54. The first-order valence-corrected chi connectivity index (χ1v) is 10.9. The molecule has 1 fully saturated rings. The summed E-state index contributed by atoms with van der Waals surface area (Å²) in [6, 6.07) is 7.86. The third-order valence-electron chi connectivity index (χ3n) is 4.57. The molecule has 0 spiro atoms. The first kappa shape index (κ1) is 20.1. The smallest absolute Gasteiger partial charge is 0.234 e. The molecule has 144 valence electrons. The average Bonchev–Trinajstić information content (AvgIpc) is 2.62. The number of hydrogen-bond donors (Lipinski definition) is 1. The molecule has 2 heterocycles. The molecule has 1 amide bonds. The molecule has 5 nitrogen and oxygen atoms in total. The van der Waals surface area contributed by atoms with Crippen LogP contribution in [0.3, 0.4) is 0 Å². The molecule has 0 radical (unpaired) electrons. The summed E-state index contributed by atoms with van der Waals surface area (Å²) >= 11 is 4.92. The van der Waals surface area contributed by atoms with Gasteiger partial charge in [0.25, 0.3) is 0 Å². The largest absolute Gasteiger partial charge is 0.356 e. The van der Waals surface area contributed by atoms with Gasteiger partial charge in [-0.1, -0.05) is 31.7 Å². The second-order valence-corrected chi connectivity index (χ2v) is 9.24. The lowest BCUT2D eigenvalue weighted by molar-refractivity contribution is -0.113. The van der Waals surface area contributed by atoms with Gasteiger partial charge < -0.3 is 10.2 Å². The number of rotatable bonds is 5. The zero-order chi connectivity index (χ0) is 19.4. The molecular weight excluding hydrogens is 424 g/mol. The summed E-state index contributed by atoms with van der Waals surface area (Å²) in [5, 5.41) is 3.76. The standard InChI is InChI=1S/C20H25BrN4OS/c1-13-4-5-17(16(21)7-13)24-19(26)11-27-20-8-18(22-12-23-20)25-9-14(2)6-15(3)10-25/h4-5,7-8,12,14-15H,6,9-11H2,1-3H3,(H,24,26)/t14-,15+. The molecule has 1 aliphatic rings. The number of amides is 1. The van der Waals surface area contributed by atoms with Crippen LogP contribution in [0, 0.1) is 18.8 Å². The lowest BCUT2D eigenvalue weighted by atomic mass is 9.92. The number of benzene rings is 1. The first-order valence-electron chi connectivity index (χ1n) is 9.16. The molecule has 7 heteroatoms. The zero-order valence-electron chi connectivity index (χ0n) is 15.9. The maximum Gasteiger partial charge on any atom is 0.234 e. The molecule has 2 aromatic rings. The van der Waals surface area contributed by atoms with Crippen LogP contribution in [0.15, 0.2) is 40.1 Å². The van der Waals surface area contributed by atoms with Gasteiger partial charge in [-0.15, -0.1) is 0 Å².